The molecule has 1 aliphatic rings. The van der Waals surface area contributed by atoms with Gasteiger partial charge in [-0.15, -0.1) is 0 Å². The summed E-state index contributed by atoms with van der Waals surface area (Å²) in [7, 11) is 1.54. The van der Waals surface area contributed by atoms with Crippen molar-refractivity contribution in [2.45, 2.75) is 19.3 Å². The van der Waals surface area contributed by atoms with Crippen LogP contribution in [0.5, 0.6) is 5.75 Å². The molecule has 3 aromatic rings. The number of fused-ring (bicyclic) bond motifs is 3. The molecular weight excluding hydrogens is 334 g/mol. The van der Waals surface area contributed by atoms with Gasteiger partial charge in [0.2, 0.25) is 0 Å². The van der Waals surface area contributed by atoms with Crippen LogP contribution < -0.4 is 10.1 Å². The first kappa shape index (κ1) is 16.4. The molecule has 1 heterocycles. The van der Waals surface area contributed by atoms with Gasteiger partial charge in [0.1, 0.15) is 16.9 Å². The topological polar surface area (TPSA) is 77.8 Å². The molecule has 1 saturated carbocycles. The Bertz CT molecular complexity index is 986. The average molecular weight is 353 g/mol. The van der Waals surface area contributed by atoms with Gasteiger partial charge in [-0.1, -0.05) is 24.6 Å². The highest BCUT2D eigenvalue weighted by atomic mass is 16.5. The molecule has 1 N–H and O–H groups in total. The third-order valence-corrected chi connectivity index (χ3v) is 4.76. The number of esters is 1. The molecule has 0 aliphatic heterocycles. The molecule has 6 heteroatoms. The van der Waals surface area contributed by atoms with Gasteiger partial charge in [0.05, 0.1) is 18.7 Å². The normalized spacial score (nSPS) is 14.2. The number of hydrogen-bond acceptors (Lipinski definition) is 5. The lowest BCUT2D eigenvalue weighted by molar-refractivity contribution is -0.154. The largest absolute Gasteiger partial charge is 0.495 e. The Labute approximate surface area is 150 Å². The van der Waals surface area contributed by atoms with Gasteiger partial charge in [-0.2, -0.15) is 0 Å². The summed E-state index contributed by atoms with van der Waals surface area (Å²) in [4.78, 5) is 23.9. The lowest BCUT2D eigenvalue weighted by Gasteiger charge is -2.22. The summed E-state index contributed by atoms with van der Waals surface area (Å²) in [6.45, 7) is -0.309. The molecule has 0 spiro atoms. The Morgan fingerprint density at radius 1 is 1.15 bits per heavy atom. The maximum absolute atomic E-state index is 12.1. The second kappa shape index (κ2) is 6.71. The van der Waals surface area contributed by atoms with Gasteiger partial charge < -0.3 is 19.2 Å². The number of rotatable bonds is 5. The van der Waals surface area contributed by atoms with Gasteiger partial charge >= 0.3 is 5.97 Å². The van der Waals surface area contributed by atoms with Crippen LogP contribution in [-0.4, -0.2) is 25.6 Å². The van der Waals surface area contributed by atoms with Crippen LogP contribution in [0.25, 0.3) is 21.9 Å². The molecule has 0 saturated heterocycles. The first-order chi connectivity index (χ1) is 12.7. The monoisotopic (exact) mass is 353 g/mol. The van der Waals surface area contributed by atoms with Crippen LogP contribution in [0.1, 0.15) is 19.3 Å². The molecule has 26 heavy (non-hydrogen) atoms. The molecule has 6 nitrogen and oxygen atoms in total. The molecular formula is C20H19NO5. The van der Waals surface area contributed by atoms with E-state index in [9.17, 15) is 9.59 Å². The SMILES string of the molecule is COc1cc2c(cc1NC(=O)COC(=O)C1CCC1)oc1ccccc12. The number of ether oxygens (including phenoxy) is 2. The maximum Gasteiger partial charge on any atom is 0.309 e. The van der Waals surface area contributed by atoms with Gasteiger partial charge in [-0.05, 0) is 25.0 Å². The molecule has 134 valence electrons. The molecule has 1 aliphatic carbocycles. The minimum absolute atomic E-state index is 0.0516. The standard InChI is InChI=1S/C20H19NO5/c1-24-18-9-14-13-7-2-3-8-16(13)26-17(14)10-15(18)21-19(22)11-25-20(23)12-5-4-6-12/h2-3,7-10,12H,4-6,11H2,1H3,(H,21,22). The average Bonchev–Trinajstić information content (AvgIpc) is 2.95. The number of hydrogen-bond donors (Lipinski definition) is 1. The summed E-state index contributed by atoms with van der Waals surface area (Å²) in [5.74, 6) is -0.246. The molecule has 2 aromatic carbocycles. The van der Waals surface area contributed by atoms with Gasteiger partial charge in [0.25, 0.3) is 5.91 Å². The van der Waals surface area contributed by atoms with E-state index in [1.165, 1.54) is 7.11 Å². The lowest BCUT2D eigenvalue weighted by atomic mass is 9.86. The summed E-state index contributed by atoms with van der Waals surface area (Å²) >= 11 is 0. The van der Waals surface area contributed by atoms with Crippen molar-refractivity contribution in [2.75, 3.05) is 19.0 Å². The number of anilines is 1. The number of para-hydroxylation sites is 1. The summed E-state index contributed by atoms with van der Waals surface area (Å²) in [6, 6.07) is 11.3. The van der Waals surface area contributed by atoms with Crippen LogP contribution in [0.3, 0.4) is 0 Å². The zero-order chi connectivity index (χ0) is 18.1. The van der Waals surface area contributed by atoms with E-state index in [1.54, 1.807) is 6.07 Å². The number of furan rings is 1. The van der Waals surface area contributed by atoms with E-state index in [2.05, 4.69) is 5.32 Å². The second-order valence-corrected chi connectivity index (χ2v) is 6.43. The number of amides is 1. The van der Waals surface area contributed by atoms with Gasteiger partial charge in [-0.25, -0.2) is 0 Å². The highest BCUT2D eigenvalue weighted by molar-refractivity contribution is 6.07. The van der Waals surface area contributed by atoms with Crippen LogP contribution in [-0.2, 0) is 14.3 Å². The summed E-state index contributed by atoms with van der Waals surface area (Å²) in [5, 5.41) is 4.62. The minimum atomic E-state index is -0.411. The van der Waals surface area contributed by atoms with Crippen molar-refractivity contribution in [1.82, 2.24) is 0 Å². The second-order valence-electron chi connectivity index (χ2n) is 6.43. The van der Waals surface area contributed by atoms with Gasteiger partial charge in [0, 0.05) is 16.8 Å². The molecule has 0 bridgehead atoms. The van der Waals surface area contributed by atoms with Crippen molar-refractivity contribution < 1.29 is 23.5 Å². The fourth-order valence-electron chi connectivity index (χ4n) is 3.10. The number of carbonyl (C=O) groups excluding carboxylic acids is 2. The van der Waals surface area contributed by atoms with Crippen molar-refractivity contribution in [2.24, 2.45) is 5.92 Å². The molecule has 1 fully saturated rings. The van der Waals surface area contributed by atoms with Crippen LogP contribution in [0, 0.1) is 5.92 Å². The smallest absolute Gasteiger partial charge is 0.309 e. The quantitative estimate of drug-likeness (QED) is 0.705. The fourth-order valence-corrected chi connectivity index (χ4v) is 3.10. The molecule has 1 aromatic heterocycles. The fraction of sp³-hybridized carbons (Fsp3) is 0.300. The number of benzene rings is 2. The van der Waals surface area contributed by atoms with E-state index >= 15 is 0 Å². The van der Waals surface area contributed by atoms with Gasteiger partial charge in [0.15, 0.2) is 6.61 Å². The molecule has 1 amide bonds. The van der Waals surface area contributed by atoms with E-state index in [1.807, 2.05) is 30.3 Å². The molecule has 0 radical (unpaired) electrons. The van der Waals surface area contributed by atoms with Crippen LogP contribution >= 0.6 is 0 Å². The van der Waals surface area contributed by atoms with E-state index < -0.39 is 5.91 Å². The van der Waals surface area contributed by atoms with Crippen molar-refractivity contribution >= 4 is 39.5 Å². The van der Waals surface area contributed by atoms with E-state index in [0.717, 1.165) is 35.6 Å². The minimum Gasteiger partial charge on any atom is -0.495 e. The molecule has 4 rings (SSSR count). The maximum atomic E-state index is 12.1. The Morgan fingerprint density at radius 2 is 1.96 bits per heavy atom. The van der Waals surface area contributed by atoms with Gasteiger partial charge in [-0.3, -0.25) is 9.59 Å². The molecule has 0 unspecified atom stereocenters. The van der Waals surface area contributed by atoms with Crippen molar-refractivity contribution in [3.8, 4) is 5.75 Å². The van der Waals surface area contributed by atoms with Crippen molar-refractivity contribution in [1.29, 1.82) is 0 Å². The van der Waals surface area contributed by atoms with Crippen LogP contribution in [0.15, 0.2) is 40.8 Å². The van der Waals surface area contributed by atoms with E-state index in [0.29, 0.717) is 17.0 Å². The number of methoxy groups -OCH3 is 1. The third kappa shape index (κ3) is 2.98. The Balaban J connectivity index is 1.54. The van der Waals surface area contributed by atoms with Crippen LogP contribution in [0.4, 0.5) is 5.69 Å². The predicted molar refractivity (Wildman–Crippen MR) is 97.2 cm³/mol. The van der Waals surface area contributed by atoms with E-state index in [4.69, 9.17) is 13.9 Å². The first-order valence-electron chi connectivity index (χ1n) is 8.61. The predicted octanol–water partition coefficient (Wildman–Crippen LogP) is 3.88. The highest BCUT2D eigenvalue weighted by Crippen LogP contribution is 2.36. The van der Waals surface area contributed by atoms with Crippen molar-refractivity contribution in [3.63, 3.8) is 0 Å². The molecule has 0 atom stereocenters. The summed E-state index contributed by atoms with van der Waals surface area (Å²) < 4.78 is 16.3. The Hall–Kier alpha value is -3.02. The zero-order valence-corrected chi connectivity index (χ0v) is 14.4. The number of carbonyl (C=O) groups is 2. The third-order valence-electron chi connectivity index (χ3n) is 4.76. The summed E-state index contributed by atoms with van der Waals surface area (Å²) in [5.41, 5.74) is 1.89. The van der Waals surface area contributed by atoms with Crippen LogP contribution in [0.2, 0.25) is 0 Å². The Morgan fingerprint density at radius 3 is 2.69 bits per heavy atom. The zero-order valence-electron chi connectivity index (χ0n) is 14.4. The first-order valence-corrected chi connectivity index (χ1v) is 8.61. The van der Waals surface area contributed by atoms with E-state index in [-0.39, 0.29) is 18.5 Å². The number of nitrogens with one attached hydrogen (secondary N) is 1. The Kier molecular flexibility index (Phi) is 4.24. The lowest BCUT2D eigenvalue weighted by Crippen LogP contribution is -2.28. The van der Waals surface area contributed by atoms with Crippen molar-refractivity contribution in [3.05, 3.63) is 36.4 Å². The summed E-state index contributed by atoms with van der Waals surface area (Å²) in [6.07, 6.45) is 2.73. The highest BCUT2D eigenvalue weighted by Gasteiger charge is 2.27.